The predicted molar refractivity (Wildman–Crippen MR) is 107 cm³/mol. The molecule has 1 saturated heterocycles. The van der Waals surface area contributed by atoms with Crippen LogP contribution < -0.4 is 5.73 Å². The van der Waals surface area contributed by atoms with Crippen LogP contribution in [0.5, 0.6) is 0 Å². The van der Waals surface area contributed by atoms with Gasteiger partial charge in [0, 0.05) is 43.7 Å². The van der Waals surface area contributed by atoms with E-state index in [1.165, 1.54) is 11.8 Å². The number of nitrogens with two attached hydrogens (primary N) is 1. The molecule has 1 aliphatic heterocycles. The molecular weight excluding hydrogens is 392 g/mol. The standard InChI is InChI=1S/C19H24N6O3S/c20-16(27)5-8-25-17(12-3-4-12)22-23-19(25)29-11-15(26)13-9-14(21-10-13)18(28)24-6-1-2-7-24/h9-10,12,21H,1-8,11H2,(H2,20,27). The van der Waals surface area contributed by atoms with Crippen molar-refractivity contribution < 1.29 is 14.4 Å². The summed E-state index contributed by atoms with van der Waals surface area (Å²) in [5.74, 6) is 0.883. The second-order valence-electron chi connectivity index (χ2n) is 7.50. The maximum atomic E-state index is 12.6. The molecule has 0 unspecified atom stereocenters. The van der Waals surface area contributed by atoms with Crippen molar-refractivity contribution in [3.8, 4) is 0 Å². The highest BCUT2D eigenvalue weighted by atomic mass is 32.2. The van der Waals surface area contributed by atoms with Gasteiger partial charge in [0.25, 0.3) is 5.91 Å². The van der Waals surface area contributed by atoms with Gasteiger partial charge in [-0.3, -0.25) is 14.4 Å². The third-order valence-corrected chi connectivity index (χ3v) is 6.20. The highest BCUT2D eigenvalue weighted by molar-refractivity contribution is 7.99. The number of Topliss-reactive ketones (excluding diaryl/α,β-unsaturated/α-hetero) is 1. The summed E-state index contributed by atoms with van der Waals surface area (Å²) < 4.78 is 1.90. The van der Waals surface area contributed by atoms with Crippen molar-refractivity contribution >= 4 is 29.4 Å². The number of hydrogen-bond donors (Lipinski definition) is 2. The molecule has 1 aliphatic carbocycles. The number of nitrogens with one attached hydrogen (secondary N) is 1. The largest absolute Gasteiger partial charge is 0.370 e. The van der Waals surface area contributed by atoms with Crippen LogP contribution in [0.15, 0.2) is 17.4 Å². The lowest BCUT2D eigenvalue weighted by molar-refractivity contribution is -0.118. The molecule has 4 rings (SSSR count). The Kier molecular flexibility index (Phi) is 5.70. The van der Waals surface area contributed by atoms with Crippen LogP contribution in [-0.4, -0.2) is 61.1 Å². The molecule has 10 heteroatoms. The van der Waals surface area contributed by atoms with Gasteiger partial charge in [-0.25, -0.2) is 0 Å². The Hall–Kier alpha value is -2.62. The van der Waals surface area contributed by atoms with Crippen LogP contribution in [-0.2, 0) is 11.3 Å². The number of nitrogens with zero attached hydrogens (tertiary/aromatic N) is 4. The van der Waals surface area contributed by atoms with Gasteiger partial charge in [0.1, 0.15) is 11.5 Å². The molecule has 9 nitrogen and oxygen atoms in total. The van der Waals surface area contributed by atoms with Gasteiger partial charge in [0.05, 0.1) is 5.75 Å². The van der Waals surface area contributed by atoms with E-state index in [-0.39, 0.29) is 29.8 Å². The highest BCUT2D eigenvalue weighted by Crippen LogP contribution is 2.40. The minimum Gasteiger partial charge on any atom is -0.370 e. The van der Waals surface area contributed by atoms with Gasteiger partial charge >= 0.3 is 0 Å². The minimum atomic E-state index is -0.380. The van der Waals surface area contributed by atoms with E-state index in [0.717, 1.165) is 44.6 Å². The fraction of sp³-hybridized carbons (Fsp3) is 0.526. The van der Waals surface area contributed by atoms with Gasteiger partial charge in [-0.2, -0.15) is 0 Å². The van der Waals surface area contributed by atoms with Gasteiger partial charge < -0.3 is 20.2 Å². The summed E-state index contributed by atoms with van der Waals surface area (Å²) in [5.41, 5.74) is 6.21. The molecule has 2 aromatic rings. The average molecular weight is 417 g/mol. The van der Waals surface area contributed by atoms with E-state index in [4.69, 9.17) is 5.73 Å². The normalized spacial score (nSPS) is 16.3. The quantitative estimate of drug-likeness (QED) is 0.472. The zero-order valence-corrected chi connectivity index (χ0v) is 16.9. The van der Waals surface area contributed by atoms with Gasteiger partial charge in [-0.15, -0.1) is 10.2 Å². The maximum Gasteiger partial charge on any atom is 0.270 e. The number of likely N-dealkylation sites (tertiary alicyclic amines) is 1. The third-order valence-electron chi connectivity index (χ3n) is 5.23. The molecule has 154 valence electrons. The lowest BCUT2D eigenvalue weighted by Crippen LogP contribution is -2.27. The van der Waals surface area contributed by atoms with Crippen molar-refractivity contribution in [3.63, 3.8) is 0 Å². The second kappa shape index (κ2) is 8.40. The molecular formula is C19H24N6O3S. The summed E-state index contributed by atoms with van der Waals surface area (Å²) in [6, 6.07) is 1.62. The number of ketones is 1. The predicted octanol–water partition coefficient (Wildman–Crippen LogP) is 1.57. The lowest BCUT2D eigenvalue weighted by atomic mass is 10.2. The number of primary amides is 1. The summed E-state index contributed by atoms with van der Waals surface area (Å²) in [6.45, 7) is 1.95. The van der Waals surface area contributed by atoms with E-state index in [1.54, 1.807) is 17.2 Å². The first-order valence-corrected chi connectivity index (χ1v) is 10.9. The van der Waals surface area contributed by atoms with E-state index >= 15 is 0 Å². The summed E-state index contributed by atoms with van der Waals surface area (Å²) in [7, 11) is 0. The topological polar surface area (TPSA) is 127 Å². The summed E-state index contributed by atoms with van der Waals surface area (Å²) in [6.07, 6.45) is 5.96. The number of amides is 2. The number of rotatable bonds is 9. The molecule has 0 radical (unpaired) electrons. The Morgan fingerprint density at radius 2 is 1.97 bits per heavy atom. The zero-order valence-electron chi connectivity index (χ0n) is 16.1. The van der Waals surface area contributed by atoms with Crippen LogP contribution in [0, 0.1) is 0 Å². The van der Waals surface area contributed by atoms with Gasteiger partial charge in [0.2, 0.25) is 5.91 Å². The first-order chi connectivity index (χ1) is 14.0. The highest BCUT2D eigenvalue weighted by Gasteiger charge is 2.30. The van der Waals surface area contributed by atoms with Crippen molar-refractivity contribution in [2.45, 2.75) is 49.7 Å². The maximum absolute atomic E-state index is 12.6. The third kappa shape index (κ3) is 4.52. The van der Waals surface area contributed by atoms with E-state index in [0.29, 0.717) is 28.9 Å². The smallest absolute Gasteiger partial charge is 0.270 e. The van der Waals surface area contributed by atoms with E-state index in [9.17, 15) is 14.4 Å². The van der Waals surface area contributed by atoms with Crippen molar-refractivity contribution in [2.75, 3.05) is 18.8 Å². The molecule has 3 N–H and O–H groups in total. The average Bonchev–Trinajstić information content (AvgIpc) is 3.15. The van der Waals surface area contributed by atoms with Crippen molar-refractivity contribution in [1.82, 2.24) is 24.6 Å². The molecule has 1 saturated carbocycles. The van der Waals surface area contributed by atoms with Gasteiger partial charge in [-0.05, 0) is 31.7 Å². The number of thioether (sulfide) groups is 1. The summed E-state index contributed by atoms with van der Waals surface area (Å²) >= 11 is 1.29. The first kappa shape index (κ1) is 19.7. The number of aromatic amines is 1. The van der Waals surface area contributed by atoms with Crippen molar-refractivity contribution in [3.05, 3.63) is 29.3 Å². The summed E-state index contributed by atoms with van der Waals surface area (Å²) in [4.78, 5) is 40.9. The van der Waals surface area contributed by atoms with Crippen molar-refractivity contribution in [1.29, 1.82) is 0 Å². The number of carbonyl (C=O) groups excluding carboxylic acids is 3. The monoisotopic (exact) mass is 416 g/mol. The molecule has 2 aliphatic rings. The number of aromatic nitrogens is 4. The molecule has 2 amide bonds. The summed E-state index contributed by atoms with van der Waals surface area (Å²) in [5, 5.41) is 9.08. The minimum absolute atomic E-state index is 0.0607. The van der Waals surface area contributed by atoms with Crippen LogP contribution in [0.25, 0.3) is 0 Å². The van der Waals surface area contributed by atoms with Crippen LogP contribution >= 0.6 is 11.8 Å². The Morgan fingerprint density at radius 3 is 2.66 bits per heavy atom. The van der Waals surface area contributed by atoms with Crippen LogP contribution in [0.3, 0.4) is 0 Å². The molecule has 3 heterocycles. The van der Waals surface area contributed by atoms with E-state index < -0.39 is 0 Å². The first-order valence-electron chi connectivity index (χ1n) is 9.88. The molecule has 29 heavy (non-hydrogen) atoms. The van der Waals surface area contributed by atoms with Gasteiger partial charge in [0.15, 0.2) is 10.9 Å². The van der Waals surface area contributed by atoms with Crippen LogP contribution in [0.2, 0.25) is 0 Å². The molecule has 2 fully saturated rings. The molecule has 0 atom stereocenters. The fourth-order valence-corrected chi connectivity index (χ4v) is 4.33. The molecule has 2 aromatic heterocycles. The molecule has 0 bridgehead atoms. The van der Waals surface area contributed by atoms with Gasteiger partial charge in [-0.1, -0.05) is 11.8 Å². The molecule has 0 spiro atoms. The fourth-order valence-electron chi connectivity index (χ4n) is 3.47. The zero-order chi connectivity index (χ0) is 20.4. The van der Waals surface area contributed by atoms with E-state index in [1.807, 2.05) is 4.57 Å². The van der Waals surface area contributed by atoms with E-state index in [2.05, 4.69) is 15.2 Å². The number of hydrogen-bond acceptors (Lipinski definition) is 6. The lowest BCUT2D eigenvalue weighted by Gasteiger charge is -2.13. The van der Waals surface area contributed by atoms with Crippen LogP contribution in [0.1, 0.15) is 64.7 Å². The number of H-pyrrole nitrogens is 1. The van der Waals surface area contributed by atoms with Crippen molar-refractivity contribution in [2.24, 2.45) is 5.73 Å². The SMILES string of the molecule is NC(=O)CCn1c(SCC(=O)c2c[nH]c(C(=O)N3CCCC3)c2)nnc1C1CC1. The van der Waals surface area contributed by atoms with Crippen LogP contribution in [0.4, 0.5) is 0 Å². The Bertz CT molecular complexity index is 926. The number of carbonyl (C=O) groups is 3. The molecule has 0 aromatic carbocycles. The Balaban J connectivity index is 1.39. The Labute approximate surface area is 172 Å². The Morgan fingerprint density at radius 1 is 1.21 bits per heavy atom. The second-order valence-corrected chi connectivity index (χ2v) is 8.44.